The van der Waals surface area contributed by atoms with Crippen molar-refractivity contribution in [3.8, 4) is 5.75 Å². The maximum Gasteiger partial charge on any atom is 0.147 e. The van der Waals surface area contributed by atoms with Crippen molar-refractivity contribution >= 4 is 0 Å². The lowest BCUT2D eigenvalue weighted by Crippen LogP contribution is -2.34. The van der Waals surface area contributed by atoms with Crippen LogP contribution in [0.5, 0.6) is 5.75 Å². The summed E-state index contributed by atoms with van der Waals surface area (Å²) in [7, 11) is 1.69. The molecule has 0 spiro atoms. The van der Waals surface area contributed by atoms with Crippen LogP contribution in [0.15, 0.2) is 24.3 Å². The summed E-state index contributed by atoms with van der Waals surface area (Å²) in [5.74, 6) is 0.917. The van der Waals surface area contributed by atoms with E-state index in [2.05, 4.69) is 17.4 Å². The number of nitrogens with one attached hydrogen (secondary N) is 1. The third kappa shape index (κ3) is 4.29. The van der Waals surface area contributed by atoms with Gasteiger partial charge in [-0.05, 0) is 37.1 Å². The Labute approximate surface area is 108 Å². The predicted molar refractivity (Wildman–Crippen MR) is 69.9 cm³/mol. The maximum atomic E-state index is 5.46. The van der Waals surface area contributed by atoms with Gasteiger partial charge in [-0.1, -0.05) is 12.1 Å². The van der Waals surface area contributed by atoms with Crippen molar-refractivity contribution < 1.29 is 14.2 Å². The lowest BCUT2D eigenvalue weighted by Gasteiger charge is -2.22. The minimum atomic E-state index is 0.295. The first-order valence-electron chi connectivity index (χ1n) is 6.41. The minimum Gasteiger partial charge on any atom is -0.497 e. The highest BCUT2D eigenvalue weighted by Crippen LogP contribution is 2.12. The first kappa shape index (κ1) is 13.3. The van der Waals surface area contributed by atoms with E-state index in [1.165, 1.54) is 5.56 Å². The topological polar surface area (TPSA) is 39.7 Å². The van der Waals surface area contributed by atoms with Crippen LogP contribution < -0.4 is 10.1 Å². The molecule has 100 valence electrons. The fraction of sp³-hybridized carbons (Fsp3) is 0.571. The summed E-state index contributed by atoms with van der Waals surface area (Å²) in [5.41, 5.74) is 1.29. The number of rotatable bonds is 6. The molecule has 18 heavy (non-hydrogen) atoms. The van der Waals surface area contributed by atoms with Gasteiger partial charge < -0.3 is 19.5 Å². The molecule has 0 amide bonds. The zero-order valence-electron chi connectivity index (χ0n) is 10.9. The summed E-state index contributed by atoms with van der Waals surface area (Å²) in [4.78, 5) is 0. The Balaban J connectivity index is 1.65. The SMILES string of the molecule is COc1cccc(CCNCC2CCOCO2)c1. The van der Waals surface area contributed by atoms with Crippen molar-refractivity contribution in [2.75, 3.05) is 33.6 Å². The Morgan fingerprint density at radius 1 is 1.44 bits per heavy atom. The zero-order valence-corrected chi connectivity index (χ0v) is 10.9. The summed E-state index contributed by atoms with van der Waals surface area (Å²) in [6.07, 6.45) is 2.27. The maximum absolute atomic E-state index is 5.46. The Kier molecular flexibility index (Phi) is 5.45. The molecule has 1 aliphatic rings. The van der Waals surface area contributed by atoms with Gasteiger partial charge in [-0.15, -0.1) is 0 Å². The average molecular weight is 251 g/mol. The summed E-state index contributed by atoms with van der Waals surface area (Å²) in [6, 6.07) is 8.18. The molecule has 1 aromatic carbocycles. The van der Waals surface area contributed by atoms with Crippen molar-refractivity contribution in [3.05, 3.63) is 29.8 Å². The number of benzene rings is 1. The van der Waals surface area contributed by atoms with Gasteiger partial charge in [-0.25, -0.2) is 0 Å². The Hall–Kier alpha value is -1.10. The predicted octanol–water partition coefficient (Wildman–Crippen LogP) is 1.59. The third-order valence-corrected chi connectivity index (χ3v) is 3.07. The van der Waals surface area contributed by atoms with Crippen LogP contribution in [-0.4, -0.2) is 39.7 Å². The van der Waals surface area contributed by atoms with E-state index in [-0.39, 0.29) is 0 Å². The van der Waals surface area contributed by atoms with Crippen LogP contribution in [0.4, 0.5) is 0 Å². The highest BCUT2D eigenvalue weighted by Gasteiger charge is 2.12. The molecule has 1 N–H and O–H groups in total. The summed E-state index contributed by atoms with van der Waals surface area (Å²) >= 11 is 0. The number of methoxy groups -OCH3 is 1. The number of ether oxygens (including phenoxy) is 3. The molecule has 1 heterocycles. The second-order valence-corrected chi connectivity index (χ2v) is 4.41. The van der Waals surface area contributed by atoms with Gasteiger partial charge >= 0.3 is 0 Å². The van der Waals surface area contributed by atoms with Crippen LogP contribution in [0.3, 0.4) is 0 Å². The van der Waals surface area contributed by atoms with E-state index in [1.54, 1.807) is 7.11 Å². The molecule has 1 saturated heterocycles. The first-order chi connectivity index (χ1) is 8.88. The quantitative estimate of drug-likeness (QED) is 0.779. The second kappa shape index (κ2) is 7.36. The Morgan fingerprint density at radius 2 is 2.39 bits per heavy atom. The molecular weight excluding hydrogens is 230 g/mol. The standard InChI is InChI=1S/C14H21NO3/c1-16-13-4-2-3-12(9-13)5-7-15-10-14-6-8-17-11-18-14/h2-4,9,14-15H,5-8,10-11H2,1H3. The van der Waals surface area contributed by atoms with Crippen LogP contribution in [0.25, 0.3) is 0 Å². The van der Waals surface area contributed by atoms with Crippen molar-refractivity contribution in [1.82, 2.24) is 5.32 Å². The van der Waals surface area contributed by atoms with Gasteiger partial charge in [-0.3, -0.25) is 0 Å². The van der Waals surface area contributed by atoms with Crippen LogP contribution >= 0.6 is 0 Å². The monoisotopic (exact) mass is 251 g/mol. The smallest absolute Gasteiger partial charge is 0.147 e. The normalized spacial score (nSPS) is 19.7. The fourth-order valence-electron chi connectivity index (χ4n) is 1.99. The van der Waals surface area contributed by atoms with Crippen LogP contribution in [0, 0.1) is 0 Å². The molecule has 4 nitrogen and oxygen atoms in total. The van der Waals surface area contributed by atoms with E-state index >= 15 is 0 Å². The lowest BCUT2D eigenvalue weighted by molar-refractivity contribution is -0.137. The molecule has 0 saturated carbocycles. The van der Waals surface area contributed by atoms with Crippen LogP contribution in [0.2, 0.25) is 0 Å². The van der Waals surface area contributed by atoms with Crippen molar-refractivity contribution in [2.24, 2.45) is 0 Å². The number of hydrogen-bond acceptors (Lipinski definition) is 4. The molecule has 1 aromatic rings. The second-order valence-electron chi connectivity index (χ2n) is 4.41. The Morgan fingerprint density at radius 3 is 3.17 bits per heavy atom. The van der Waals surface area contributed by atoms with E-state index in [0.29, 0.717) is 12.9 Å². The molecule has 0 radical (unpaired) electrons. The molecule has 4 heteroatoms. The lowest BCUT2D eigenvalue weighted by atomic mass is 10.1. The molecule has 1 aliphatic heterocycles. The molecule has 2 rings (SSSR count). The van der Waals surface area contributed by atoms with Gasteiger partial charge in [0, 0.05) is 6.54 Å². The van der Waals surface area contributed by atoms with Gasteiger partial charge in [0.05, 0.1) is 19.8 Å². The highest BCUT2D eigenvalue weighted by molar-refractivity contribution is 5.28. The van der Waals surface area contributed by atoms with Crippen molar-refractivity contribution in [3.63, 3.8) is 0 Å². The average Bonchev–Trinajstić information content (AvgIpc) is 2.45. The molecule has 0 aliphatic carbocycles. The first-order valence-corrected chi connectivity index (χ1v) is 6.41. The van der Waals surface area contributed by atoms with E-state index in [9.17, 15) is 0 Å². The molecule has 1 unspecified atom stereocenters. The van der Waals surface area contributed by atoms with E-state index < -0.39 is 0 Å². The van der Waals surface area contributed by atoms with E-state index in [0.717, 1.165) is 38.3 Å². The third-order valence-electron chi connectivity index (χ3n) is 3.07. The Bertz CT molecular complexity index is 351. The van der Waals surface area contributed by atoms with Gasteiger partial charge in [-0.2, -0.15) is 0 Å². The molecule has 1 fully saturated rings. The van der Waals surface area contributed by atoms with Gasteiger partial charge in [0.25, 0.3) is 0 Å². The zero-order chi connectivity index (χ0) is 12.6. The van der Waals surface area contributed by atoms with Gasteiger partial charge in [0.15, 0.2) is 0 Å². The van der Waals surface area contributed by atoms with E-state index in [4.69, 9.17) is 14.2 Å². The van der Waals surface area contributed by atoms with Crippen LogP contribution in [0.1, 0.15) is 12.0 Å². The highest BCUT2D eigenvalue weighted by atomic mass is 16.7. The van der Waals surface area contributed by atoms with Crippen molar-refractivity contribution in [2.45, 2.75) is 18.9 Å². The number of hydrogen-bond donors (Lipinski definition) is 1. The summed E-state index contributed by atoms with van der Waals surface area (Å²) < 4.78 is 15.8. The van der Waals surface area contributed by atoms with Gasteiger partial charge in [0.1, 0.15) is 12.5 Å². The largest absolute Gasteiger partial charge is 0.497 e. The fourth-order valence-corrected chi connectivity index (χ4v) is 1.99. The molecule has 0 aromatic heterocycles. The van der Waals surface area contributed by atoms with Gasteiger partial charge in [0.2, 0.25) is 0 Å². The molecule has 0 bridgehead atoms. The van der Waals surface area contributed by atoms with E-state index in [1.807, 2.05) is 12.1 Å². The molecule has 1 atom stereocenters. The molecular formula is C14H21NO3. The van der Waals surface area contributed by atoms with Crippen molar-refractivity contribution in [1.29, 1.82) is 0 Å². The van der Waals surface area contributed by atoms with Crippen LogP contribution in [-0.2, 0) is 15.9 Å². The summed E-state index contributed by atoms with van der Waals surface area (Å²) in [6.45, 7) is 3.09. The summed E-state index contributed by atoms with van der Waals surface area (Å²) in [5, 5.41) is 3.42. The minimum absolute atomic E-state index is 0.295.